The maximum absolute atomic E-state index is 12.9. The molecule has 0 aliphatic heterocycles. The van der Waals surface area contributed by atoms with Gasteiger partial charge < -0.3 is 5.32 Å². The van der Waals surface area contributed by atoms with Crippen LogP contribution in [-0.4, -0.2) is 26.9 Å². The minimum Gasteiger partial charge on any atom is -0.349 e. The van der Waals surface area contributed by atoms with Crippen molar-refractivity contribution in [3.05, 3.63) is 42.5 Å². The fourth-order valence-corrected chi connectivity index (χ4v) is 7.24. The van der Waals surface area contributed by atoms with Crippen molar-refractivity contribution in [3.63, 3.8) is 0 Å². The molecule has 4 saturated carbocycles. The number of hydrogen-bond acceptors (Lipinski definition) is 3. The van der Waals surface area contributed by atoms with E-state index in [0.29, 0.717) is 5.56 Å². The molecule has 1 atom stereocenters. The van der Waals surface area contributed by atoms with E-state index in [1.165, 1.54) is 56.7 Å². The van der Waals surface area contributed by atoms with Gasteiger partial charge in [-0.3, -0.25) is 4.79 Å². The second-order valence-corrected chi connectivity index (χ2v) is 10.9. The van der Waals surface area contributed by atoms with Crippen LogP contribution < -0.4 is 10.0 Å². The third kappa shape index (κ3) is 3.64. The van der Waals surface area contributed by atoms with Crippen LogP contribution in [0.2, 0.25) is 0 Å². The van der Waals surface area contributed by atoms with Gasteiger partial charge in [0.05, 0.1) is 4.90 Å². The van der Waals surface area contributed by atoms with Gasteiger partial charge in [-0.15, -0.1) is 6.58 Å². The van der Waals surface area contributed by atoms with Crippen LogP contribution in [0.15, 0.2) is 41.8 Å². The van der Waals surface area contributed by atoms with Crippen LogP contribution in [0.3, 0.4) is 0 Å². The second-order valence-electron chi connectivity index (χ2n) is 9.14. The first-order valence-corrected chi connectivity index (χ1v) is 11.8. The third-order valence-corrected chi connectivity index (χ3v) is 8.60. The van der Waals surface area contributed by atoms with Crippen LogP contribution in [0, 0.1) is 23.2 Å². The van der Waals surface area contributed by atoms with Gasteiger partial charge in [0.25, 0.3) is 5.91 Å². The predicted octanol–water partition coefficient (Wildman–Crippen LogP) is 3.49. The zero-order valence-corrected chi connectivity index (χ0v) is 17.3. The minimum absolute atomic E-state index is 0.101. The summed E-state index contributed by atoms with van der Waals surface area (Å²) in [6.07, 6.45) is 9.27. The molecule has 1 aromatic carbocycles. The SMILES string of the molecule is C=CCNS(=O)(=O)c1cccc(C(=O)N[C@@H](C)C23CC4CC(CC(C4)C2)C3)c1. The van der Waals surface area contributed by atoms with Gasteiger partial charge in [-0.25, -0.2) is 13.1 Å². The molecule has 1 amide bonds. The van der Waals surface area contributed by atoms with Crippen LogP contribution in [-0.2, 0) is 10.0 Å². The fourth-order valence-electron chi connectivity index (χ4n) is 6.20. The fraction of sp³-hybridized carbons (Fsp3) is 0.591. The van der Waals surface area contributed by atoms with Crippen molar-refractivity contribution >= 4 is 15.9 Å². The molecule has 2 N–H and O–H groups in total. The van der Waals surface area contributed by atoms with Crippen molar-refractivity contribution in [2.45, 2.75) is 56.4 Å². The van der Waals surface area contributed by atoms with Gasteiger partial charge in [-0.2, -0.15) is 0 Å². The Morgan fingerprint density at radius 1 is 1.21 bits per heavy atom. The molecule has 0 unspecified atom stereocenters. The molecule has 1 aromatic rings. The van der Waals surface area contributed by atoms with Crippen LogP contribution in [0.1, 0.15) is 55.8 Å². The first kappa shape index (κ1) is 19.6. The van der Waals surface area contributed by atoms with E-state index in [2.05, 4.69) is 23.5 Å². The average molecular weight is 403 g/mol. The van der Waals surface area contributed by atoms with Crippen molar-refractivity contribution in [1.82, 2.24) is 10.0 Å². The quantitative estimate of drug-likeness (QED) is 0.686. The molecule has 0 radical (unpaired) electrons. The summed E-state index contributed by atoms with van der Waals surface area (Å²) in [5.74, 6) is 2.30. The van der Waals surface area contributed by atoms with Crippen LogP contribution >= 0.6 is 0 Å². The van der Waals surface area contributed by atoms with Crippen molar-refractivity contribution in [1.29, 1.82) is 0 Å². The molecule has 0 spiro atoms. The van der Waals surface area contributed by atoms with E-state index in [1.54, 1.807) is 12.1 Å². The monoisotopic (exact) mass is 402 g/mol. The summed E-state index contributed by atoms with van der Waals surface area (Å²) in [5.41, 5.74) is 0.609. The highest BCUT2D eigenvalue weighted by atomic mass is 32.2. The summed E-state index contributed by atoms with van der Waals surface area (Å²) in [6, 6.07) is 6.35. The number of amides is 1. The lowest BCUT2D eigenvalue weighted by molar-refractivity contribution is -0.0688. The highest BCUT2D eigenvalue weighted by molar-refractivity contribution is 7.89. The number of sulfonamides is 1. The number of nitrogens with one attached hydrogen (secondary N) is 2. The average Bonchev–Trinajstić information content (AvgIpc) is 2.65. The van der Waals surface area contributed by atoms with Crippen LogP contribution in [0.5, 0.6) is 0 Å². The molecular weight excluding hydrogens is 372 g/mol. The molecule has 5 nitrogen and oxygen atoms in total. The lowest BCUT2D eigenvalue weighted by Crippen LogP contribution is -2.55. The first-order valence-electron chi connectivity index (χ1n) is 10.3. The maximum atomic E-state index is 12.9. The Labute approximate surface area is 168 Å². The molecule has 0 heterocycles. The van der Waals surface area contributed by atoms with Gasteiger partial charge in [0.15, 0.2) is 0 Å². The Morgan fingerprint density at radius 3 is 2.39 bits per heavy atom. The number of carbonyl (C=O) groups excluding carboxylic acids is 1. The topological polar surface area (TPSA) is 75.3 Å². The zero-order valence-electron chi connectivity index (χ0n) is 16.5. The predicted molar refractivity (Wildman–Crippen MR) is 109 cm³/mol. The zero-order chi connectivity index (χ0) is 19.9. The number of hydrogen-bond donors (Lipinski definition) is 2. The van der Waals surface area contributed by atoms with E-state index in [1.807, 2.05) is 0 Å². The smallest absolute Gasteiger partial charge is 0.251 e. The number of benzene rings is 1. The Morgan fingerprint density at radius 2 is 1.82 bits per heavy atom. The van der Waals surface area contributed by atoms with Crippen molar-refractivity contribution in [3.8, 4) is 0 Å². The summed E-state index contributed by atoms with van der Waals surface area (Å²) in [6.45, 7) is 5.81. The molecule has 28 heavy (non-hydrogen) atoms. The van der Waals surface area contributed by atoms with Gasteiger partial charge in [0, 0.05) is 18.2 Å². The van der Waals surface area contributed by atoms with E-state index < -0.39 is 10.0 Å². The standard InChI is InChI=1S/C22H30N2O3S/c1-3-7-23-28(26,27)20-6-4-5-19(11-20)21(25)24-15(2)22-12-16-8-17(13-22)10-18(9-16)14-22/h3-6,11,15-18,23H,1,7-10,12-14H2,2H3,(H,24,25)/t15-,16?,17?,18?,22?/m0/s1. The summed E-state index contributed by atoms with van der Waals surface area (Å²) in [7, 11) is -3.65. The highest BCUT2D eigenvalue weighted by Crippen LogP contribution is 2.61. The molecule has 6 heteroatoms. The minimum atomic E-state index is -3.65. The van der Waals surface area contributed by atoms with Crippen molar-refractivity contribution < 1.29 is 13.2 Å². The Balaban J connectivity index is 1.48. The van der Waals surface area contributed by atoms with Gasteiger partial charge in [0.2, 0.25) is 10.0 Å². The van der Waals surface area contributed by atoms with Crippen LogP contribution in [0.25, 0.3) is 0 Å². The van der Waals surface area contributed by atoms with Crippen molar-refractivity contribution in [2.75, 3.05) is 6.54 Å². The number of carbonyl (C=O) groups is 1. The first-order chi connectivity index (χ1) is 13.3. The molecular formula is C22H30N2O3S. The Bertz CT molecular complexity index is 842. The van der Waals surface area contributed by atoms with E-state index in [-0.39, 0.29) is 28.8 Å². The van der Waals surface area contributed by atoms with Crippen molar-refractivity contribution in [2.24, 2.45) is 23.2 Å². The van der Waals surface area contributed by atoms with E-state index in [4.69, 9.17) is 0 Å². The molecule has 0 saturated heterocycles. The molecule has 4 bridgehead atoms. The summed E-state index contributed by atoms with van der Waals surface area (Å²) in [4.78, 5) is 13.0. The summed E-state index contributed by atoms with van der Waals surface area (Å²) < 4.78 is 27.1. The molecule has 5 rings (SSSR count). The van der Waals surface area contributed by atoms with Gasteiger partial charge >= 0.3 is 0 Å². The lowest BCUT2D eigenvalue weighted by Gasteiger charge is -2.59. The highest BCUT2D eigenvalue weighted by Gasteiger charge is 2.53. The second kappa shape index (κ2) is 7.30. The molecule has 4 fully saturated rings. The molecule has 4 aliphatic carbocycles. The normalized spacial score (nSPS) is 32.1. The third-order valence-electron chi connectivity index (χ3n) is 7.18. The lowest BCUT2D eigenvalue weighted by atomic mass is 9.48. The summed E-state index contributed by atoms with van der Waals surface area (Å²) in [5, 5.41) is 3.20. The molecule has 152 valence electrons. The van der Waals surface area contributed by atoms with E-state index >= 15 is 0 Å². The molecule has 4 aliphatic rings. The Kier molecular flexibility index (Phi) is 5.12. The van der Waals surface area contributed by atoms with Gasteiger partial charge in [0.1, 0.15) is 0 Å². The number of rotatable bonds is 7. The van der Waals surface area contributed by atoms with E-state index in [9.17, 15) is 13.2 Å². The van der Waals surface area contributed by atoms with Gasteiger partial charge in [-0.1, -0.05) is 12.1 Å². The maximum Gasteiger partial charge on any atom is 0.251 e. The summed E-state index contributed by atoms with van der Waals surface area (Å²) >= 11 is 0. The molecule has 0 aromatic heterocycles. The van der Waals surface area contributed by atoms with Gasteiger partial charge in [-0.05, 0) is 86.8 Å². The Hall–Kier alpha value is -1.66. The van der Waals surface area contributed by atoms with Crippen LogP contribution in [0.4, 0.5) is 0 Å². The van der Waals surface area contributed by atoms with E-state index in [0.717, 1.165) is 17.8 Å². The largest absolute Gasteiger partial charge is 0.349 e.